The largest absolute Gasteiger partial charge is 0.507 e. The molecule has 7 heteroatoms. The molecule has 0 radical (unpaired) electrons. The normalized spacial score (nSPS) is 19.6. The lowest BCUT2D eigenvalue weighted by atomic mass is 9.79. The summed E-state index contributed by atoms with van der Waals surface area (Å²) in [5.41, 5.74) is 15.1. The van der Waals surface area contributed by atoms with Gasteiger partial charge in [0.15, 0.2) is 0 Å². The number of pyridine rings is 1. The number of aromatic hydroxyl groups is 1. The minimum atomic E-state index is 0.0262. The zero-order valence-electron chi connectivity index (χ0n) is 19.3. The van der Waals surface area contributed by atoms with E-state index in [0.29, 0.717) is 33.7 Å². The molecule has 31 heavy (non-hydrogen) atoms. The summed E-state index contributed by atoms with van der Waals surface area (Å²) in [7, 11) is 2.01. The van der Waals surface area contributed by atoms with Crippen LogP contribution in [0.2, 0.25) is 5.02 Å². The van der Waals surface area contributed by atoms with Crippen LogP contribution in [0.25, 0.3) is 16.6 Å². The Balaban J connectivity index is 1.87. The molecule has 1 aromatic heterocycles. The molecular weight excluding hydrogens is 410 g/mol. The monoisotopic (exact) mass is 443 g/mol. The van der Waals surface area contributed by atoms with Crippen LogP contribution in [0.5, 0.6) is 5.75 Å². The average molecular weight is 444 g/mol. The summed E-state index contributed by atoms with van der Waals surface area (Å²) in [5, 5.41) is 15.5. The molecule has 1 aliphatic rings. The van der Waals surface area contributed by atoms with E-state index in [1.807, 2.05) is 14.0 Å². The lowest BCUT2D eigenvalue weighted by Gasteiger charge is -2.49. The lowest BCUT2D eigenvalue weighted by molar-refractivity contribution is 0.0981. The lowest BCUT2D eigenvalue weighted by Crippen LogP contribution is -2.61. The van der Waals surface area contributed by atoms with Gasteiger partial charge in [-0.25, -0.2) is 0 Å². The number of fused-ring (bicyclic) bond motifs is 1. The van der Waals surface area contributed by atoms with Gasteiger partial charge in [0.1, 0.15) is 5.75 Å². The summed E-state index contributed by atoms with van der Waals surface area (Å²) >= 11 is 6.37. The highest BCUT2D eigenvalue weighted by atomic mass is 35.5. The Hall–Kier alpha value is -2.44. The molecule has 0 bridgehead atoms. The smallest absolute Gasteiger partial charge is 0.127 e. The van der Waals surface area contributed by atoms with Crippen molar-refractivity contribution in [1.82, 2.24) is 15.2 Å². The minimum absolute atomic E-state index is 0.0262. The molecule has 1 saturated heterocycles. The van der Waals surface area contributed by atoms with Crippen molar-refractivity contribution in [1.29, 1.82) is 0 Å². The van der Waals surface area contributed by atoms with Gasteiger partial charge in [-0.3, -0.25) is 4.98 Å². The van der Waals surface area contributed by atoms with Gasteiger partial charge in [0.25, 0.3) is 0 Å². The molecule has 0 spiro atoms. The van der Waals surface area contributed by atoms with Crippen LogP contribution < -0.4 is 16.8 Å². The highest BCUT2D eigenvalue weighted by molar-refractivity contribution is 6.35. The minimum Gasteiger partial charge on any atom is -0.507 e. The Morgan fingerprint density at radius 2 is 1.77 bits per heavy atom. The number of benzene rings is 1. The van der Waals surface area contributed by atoms with E-state index in [2.05, 4.69) is 42.9 Å². The number of rotatable bonds is 4. The van der Waals surface area contributed by atoms with Crippen LogP contribution >= 0.6 is 11.6 Å². The first kappa shape index (κ1) is 23.2. The molecule has 0 saturated carbocycles. The zero-order chi connectivity index (χ0) is 23.1. The quantitative estimate of drug-likeness (QED) is 0.527. The predicted molar refractivity (Wildman–Crippen MR) is 130 cm³/mol. The molecule has 1 aliphatic heterocycles. The molecule has 1 aromatic carbocycles. The van der Waals surface area contributed by atoms with Gasteiger partial charge >= 0.3 is 0 Å². The Labute approximate surface area is 190 Å². The molecule has 168 valence electrons. The SMILES string of the molecule is Cc1cc(Cl)c2cc(/C(N)=C/C=C(\N)N(C)C3CC(C)(C)NC(C)(C)C3)c(O)cc2n1. The molecule has 0 atom stereocenters. The molecular formula is C24H34ClN5O. The van der Waals surface area contributed by atoms with E-state index in [0.717, 1.165) is 23.9 Å². The van der Waals surface area contributed by atoms with Gasteiger partial charge < -0.3 is 26.8 Å². The Morgan fingerprint density at radius 1 is 1.16 bits per heavy atom. The fourth-order valence-corrected chi connectivity index (χ4v) is 5.02. The van der Waals surface area contributed by atoms with Crippen molar-refractivity contribution in [2.24, 2.45) is 11.5 Å². The van der Waals surface area contributed by atoms with Crippen LogP contribution in [0.3, 0.4) is 0 Å². The number of hydrogen-bond acceptors (Lipinski definition) is 6. The number of nitrogens with zero attached hydrogens (tertiary/aromatic N) is 2. The summed E-state index contributed by atoms with van der Waals surface area (Å²) < 4.78 is 0. The van der Waals surface area contributed by atoms with Gasteiger partial charge in [-0.2, -0.15) is 0 Å². The number of hydrogen-bond donors (Lipinski definition) is 4. The first-order chi connectivity index (χ1) is 14.3. The van der Waals surface area contributed by atoms with E-state index in [-0.39, 0.29) is 16.8 Å². The van der Waals surface area contributed by atoms with Crippen LogP contribution in [-0.2, 0) is 0 Å². The highest BCUT2D eigenvalue weighted by Crippen LogP contribution is 2.33. The van der Waals surface area contributed by atoms with E-state index in [1.165, 1.54) is 0 Å². The summed E-state index contributed by atoms with van der Waals surface area (Å²) in [5.74, 6) is 0.676. The topological polar surface area (TPSA) is 100 Å². The maximum Gasteiger partial charge on any atom is 0.127 e. The van der Waals surface area contributed by atoms with Gasteiger partial charge in [-0.1, -0.05) is 11.6 Å². The zero-order valence-corrected chi connectivity index (χ0v) is 20.0. The van der Waals surface area contributed by atoms with E-state index in [4.69, 9.17) is 23.1 Å². The standard InChI is InChI=1S/C24H34ClN5O/c1-14-9-18(25)16-10-17(21(31)11-20(16)28-14)19(26)7-8-22(27)30(6)15-12-23(2,3)29-24(4,5)13-15/h7-11,15,29,31H,12-13,26-27H2,1-6H3/b19-7-,22-8+. The third-order valence-corrected chi connectivity index (χ3v) is 6.18. The molecule has 6 N–H and O–H groups in total. The molecule has 1 fully saturated rings. The molecule has 0 amide bonds. The van der Waals surface area contributed by atoms with Crippen molar-refractivity contribution in [3.63, 3.8) is 0 Å². The van der Waals surface area contributed by atoms with Crippen molar-refractivity contribution in [3.8, 4) is 5.75 Å². The molecule has 0 aliphatic carbocycles. The Bertz CT molecular complexity index is 1040. The summed E-state index contributed by atoms with van der Waals surface area (Å²) in [6.45, 7) is 10.7. The molecule has 2 heterocycles. The average Bonchev–Trinajstić information content (AvgIpc) is 2.62. The maximum atomic E-state index is 10.5. The number of phenols is 1. The number of allylic oxidation sites excluding steroid dienone is 2. The molecule has 6 nitrogen and oxygen atoms in total. The van der Waals surface area contributed by atoms with Crippen LogP contribution in [0.1, 0.15) is 51.8 Å². The van der Waals surface area contributed by atoms with E-state index in [9.17, 15) is 5.11 Å². The first-order valence-electron chi connectivity index (χ1n) is 10.5. The van der Waals surface area contributed by atoms with Crippen LogP contribution in [0, 0.1) is 6.92 Å². The molecule has 0 unspecified atom stereocenters. The van der Waals surface area contributed by atoms with Gasteiger partial charge in [0.05, 0.1) is 16.4 Å². The summed E-state index contributed by atoms with van der Waals surface area (Å²) in [4.78, 5) is 6.53. The number of nitrogens with one attached hydrogen (secondary N) is 1. The van der Waals surface area contributed by atoms with E-state index in [1.54, 1.807) is 30.4 Å². The van der Waals surface area contributed by atoms with Gasteiger partial charge in [0, 0.05) is 52.6 Å². The fraction of sp³-hybridized carbons (Fsp3) is 0.458. The van der Waals surface area contributed by atoms with Crippen LogP contribution in [-0.4, -0.2) is 39.2 Å². The second-order valence-corrected chi connectivity index (χ2v) is 10.3. The van der Waals surface area contributed by atoms with Crippen molar-refractivity contribution in [2.75, 3.05) is 7.05 Å². The molecule has 3 rings (SSSR count). The highest BCUT2D eigenvalue weighted by Gasteiger charge is 2.39. The van der Waals surface area contributed by atoms with Crippen molar-refractivity contribution in [2.45, 2.75) is 64.6 Å². The fourth-order valence-electron chi connectivity index (χ4n) is 4.71. The van der Waals surface area contributed by atoms with Crippen molar-refractivity contribution in [3.05, 3.63) is 52.5 Å². The summed E-state index contributed by atoms with van der Waals surface area (Å²) in [6, 6.07) is 5.44. The van der Waals surface area contributed by atoms with Gasteiger partial charge in [-0.15, -0.1) is 0 Å². The predicted octanol–water partition coefficient (Wildman–Crippen LogP) is 4.24. The van der Waals surface area contributed by atoms with E-state index < -0.39 is 0 Å². The number of nitrogens with two attached hydrogens (primary N) is 2. The van der Waals surface area contributed by atoms with E-state index >= 15 is 0 Å². The third-order valence-electron chi connectivity index (χ3n) is 5.87. The molecule has 2 aromatic rings. The summed E-state index contributed by atoms with van der Waals surface area (Å²) in [6.07, 6.45) is 5.48. The van der Waals surface area contributed by atoms with Gasteiger partial charge in [0.2, 0.25) is 0 Å². The third kappa shape index (κ3) is 5.25. The van der Waals surface area contributed by atoms with Gasteiger partial charge in [-0.05, 0) is 71.7 Å². The van der Waals surface area contributed by atoms with Crippen molar-refractivity contribution < 1.29 is 5.11 Å². The van der Waals surface area contributed by atoms with Crippen LogP contribution in [0.4, 0.5) is 0 Å². The number of halogens is 1. The Morgan fingerprint density at radius 3 is 2.39 bits per heavy atom. The second kappa shape index (κ2) is 8.24. The first-order valence-corrected chi connectivity index (χ1v) is 10.9. The number of aromatic nitrogens is 1. The van der Waals surface area contributed by atoms with Crippen LogP contribution in [0.15, 0.2) is 36.2 Å². The van der Waals surface area contributed by atoms with Crippen molar-refractivity contribution >= 4 is 28.2 Å². The maximum absolute atomic E-state index is 10.5. The Kier molecular flexibility index (Phi) is 6.18. The number of piperidine rings is 1. The number of phenolic OH excluding ortho intramolecular Hbond substituents is 1. The number of aryl methyl sites for hydroxylation is 1. The second-order valence-electron chi connectivity index (χ2n) is 9.91.